The number of rotatable bonds is 6. The first-order chi connectivity index (χ1) is 6.86. The molecule has 0 amide bonds. The van der Waals surface area contributed by atoms with Gasteiger partial charge in [0.2, 0.25) is 0 Å². The maximum Gasteiger partial charge on any atom is 0.144 e. The largest absolute Gasteiger partial charge is 0.369 e. The minimum absolute atomic E-state index is 0.792. The average Bonchev–Trinajstić information content (AvgIpc) is 2.19. The van der Waals surface area contributed by atoms with E-state index in [1.807, 2.05) is 6.92 Å². The maximum atomic E-state index is 4.40. The quantitative estimate of drug-likeness (QED) is 0.672. The molecule has 0 bridgehead atoms. The Morgan fingerprint density at radius 1 is 1.29 bits per heavy atom. The third kappa shape index (κ3) is 3.70. The first-order valence-corrected chi connectivity index (χ1v) is 5.12. The van der Waals surface area contributed by atoms with Crippen LogP contribution in [0.5, 0.6) is 0 Å². The molecule has 1 aromatic heterocycles. The van der Waals surface area contributed by atoms with Crippen LogP contribution in [0.15, 0.2) is 12.4 Å². The lowest BCUT2D eigenvalue weighted by Crippen LogP contribution is -2.15. The summed E-state index contributed by atoms with van der Waals surface area (Å²) in [4.78, 5) is 8.52. The summed E-state index contributed by atoms with van der Waals surface area (Å²) in [6.07, 6.45) is 4.68. The Hall–Kier alpha value is -1.16. The fourth-order valence-corrected chi connectivity index (χ4v) is 1.15. The molecule has 0 aliphatic carbocycles. The third-order valence-electron chi connectivity index (χ3n) is 1.78. The molecule has 0 saturated carbocycles. The number of aromatic nitrogens is 2. The van der Waals surface area contributed by atoms with Crippen LogP contribution >= 0.6 is 0 Å². The molecule has 0 aromatic carbocycles. The second-order valence-corrected chi connectivity index (χ2v) is 3.10. The molecule has 0 fully saturated rings. The number of nitrogens with zero attached hydrogens (tertiary/aromatic N) is 2. The summed E-state index contributed by atoms with van der Waals surface area (Å²) < 4.78 is 0. The molecule has 4 heteroatoms. The third-order valence-corrected chi connectivity index (χ3v) is 1.78. The van der Waals surface area contributed by atoms with Crippen LogP contribution in [0, 0.1) is 0 Å². The molecular weight excluding hydrogens is 176 g/mol. The van der Waals surface area contributed by atoms with Gasteiger partial charge >= 0.3 is 0 Å². The summed E-state index contributed by atoms with van der Waals surface area (Å²) in [7, 11) is 0. The summed E-state index contributed by atoms with van der Waals surface area (Å²) in [5.74, 6) is 0.850. The molecule has 1 rings (SSSR count). The number of anilines is 1. The normalized spacial score (nSPS) is 10.1. The molecule has 0 unspecified atom stereocenters. The van der Waals surface area contributed by atoms with E-state index >= 15 is 0 Å². The summed E-state index contributed by atoms with van der Waals surface area (Å²) >= 11 is 0. The smallest absolute Gasteiger partial charge is 0.144 e. The van der Waals surface area contributed by atoms with Gasteiger partial charge in [-0.25, -0.2) is 4.98 Å². The Morgan fingerprint density at radius 3 is 2.86 bits per heavy atom. The predicted molar refractivity (Wildman–Crippen MR) is 58.2 cm³/mol. The van der Waals surface area contributed by atoms with Gasteiger partial charge in [-0.15, -0.1) is 0 Å². The van der Waals surface area contributed by atoms with E-state index in [0.717, 1.165) is 37.6 Å². The first kappa shape index (κ1) is 10.9. The minimum atomic E-state index is 0.792. The Balaban J connectivity index is 2.46. The number of nitrogens with one attached hydrogen (secondary N) is 2. The fraction of sp³-hybridized carbons (Fsp3) is 0.600. The van der Waals surface area contributed by atoms with E-state index < -0.39 is 0 Å². The lowest BCUT2D eigenvalue weighted by molar-refractivity contribution is 0.662. The Morgan fingerprint density at radius 2 is 2.14 bits per heavy atom. The van der Waals surface area contributed by atoms with Crippen molar-refractivity contribution >= 4 is 5.82 Å². The zero-order valence-corrected chi connectivity index (χ0v) is 8.88. The van der Waals surface area contributed by atoms with E-state index in [1.54, 1.807) is 12.4 Å². The zero-order valence-electron chi connectivity index (χ0n) is 8.88. The lowest BCUT2D eigenvalue weighted by atomic mass is 10.4. The predicted octanol–water partition coefficient (Wildman–Crippen LogP) is 1.41. The van der Waals surface area contributed by atoms with Crippen LogP contribution in [-0.4, -0.2) is 23.1 Å². The molecular formula is C10H18N4. The second kappa shape index (κ2) is 6.32. The van der Waals surface area contributed by atoms with Crippen LogP contribution in [0.25, 0.3) is 0 Å². The zero-order chi connectivity index (χ0) is 10.2. The van der Waals surface area contributed by atoms with Gasteiger partial charge in [-0.3, -0.25) is 4.98 Å². The number of hydrogen-bond donors (Lipinski definition) is 2. The summed E-state index contributed by atoms with van der Waals surface area (Å²) in [5, 5.41) is 6.43. The van der Waals surface area contributed by atoms with E-state index in [-0.39, 0.29) is 0 Å². The standard InChI is InChI=1S/C10H18N4/c1-3-5-11-6-9-7-12-8-10(14-9)13-4-2/h7-8,11H,3-6H2,1-2H3,(H,13,14). The van der Waals surface area contributed by atoms with E-state index in [0.29, 0.717) is 0 Å². The monoisotopic (exact) mass is 194 g/mol. The summed E-state index contributed by atoms with van der Waals surface area (Å²) in [5.41, 5.74) is 0.983. The lowest BCUT2D eigenvalue weighted by Gasteiger charge is -2.05. The average molecular weight is 194 g/mol. The molecule has 0 radical (unpaired) electrons. The Kier molecular flexibility index (Phi) is 4.93. The highest BCUT2D eigenvalue weighted by Gasteiger charge is 1.96. The molecule has 1 aromatic rings. The minimum Gasteiger partial charge on any atom is -0.369 e. The summed E-state index contributed by atoms with van der Waals surface area (Å²) in [6, 6.07) is 0. The van der Waals surface area contributed by atoms with Crippen LogP contribution in [0.1, 0.15) is 26.0 Å². The van der Waals surface area contributed by atoms with Crippen LogP contribution in [-0.2, 0) is 6.54 Å². The highest BCUT2D eigenvalue weighted by molar-refractivity contribution is 5.31. The van der Waals surface area contributed by atoms with Gasteiger partial charge in [0.25, 0.3) is 0 Å². The second-order valence-electron chi connectivity index (χ2n) is 3.10. The van der Waals surface area contributed by atoms with E-state index in [2.05, 4.69) is 27.5 Å². The fourth-order valence-electron chi connectivity index (χ4n) is 1.15. The molecule has 1 heterocycles. The van der Waals surface area contributed by atoms with Crippen molar-refractivity contribution in [1.82, 2.24) is 15.3 Å². The molecule has 4 nitrogen and oxygen atoms in total. The maximum absolute atomic E-state index is 4.40. The Bertz CT molecular complexity index is 262. The van der Waals surface area contributed by atoms with E-state index in [9.17, 15) is 0 Å². The molecule has 14 heavy (non-hydrogen) atoms. The topological polar surface area (TPSA) is 49.8 Å². The van der Waals surface area contributed by atoms with Crippen molar-refractivity contribution < 1.29 is 0 Å². The van der Waals surface area contributed by atoms with Crippen molar-refractivity contribution in [2.75, 3.05) is 18.4 Å². The highest BCUT2D eigenvalue weighted by atomic mass is 15.0. The molecule has 0 atom stereocenters. The van der Waals surface area contributed by atoms with Gasteiger partial charge in [0.05, 0.1) is 11.9 Å². The van der Waals surface area contributed by atoms with Crippen molar-refractivity contribution in [3.05, 3.63) is 18.1 Å². The molecule has 78 valence electrons. The molecule has 0 aliphatic rings. The molecule has 0 aliphatic heterocycles. The summed E-state index contributed by atoms with van der Waals surface area (Å²) in [6.45, 7) is 6.88. The van der Waals surface area contributed by atoms with Gasteiger partial charge in [0.15, 0.2) is 0 Å². The van der Waals surface area contributed by atoms with Crippen LogP contribution in [0.4, 0.5) is 5.82 Å². The van der Waals surface area contributed by atoms with Crippen LogP contribution in [0.3, 0.4) is 0 Å². The van der Waals surface area contributed by atoms with Crippen molar-refractivity contribution in [2.45, 2.75) is 26.8 Å². The van der Waals surface area contributed by atoms with Gasteiger partial charge < -0.3 is 10.6 Å². The van der Waals surface area contributed by atoms with Crippen molar-refractivity contribution in [2.24, 2.45) is 0 Å². The van der Waals surface area contributed by atoms with Crippen molar-refractivity contribution in [3.8, 4) is 0 Å². The molecule has 0 saturated heterocycles. The molecule has 2 N–H and O–H groups in total. The Labute approximate surface area is 85.2 Å². The van der Waals surface area contributed by atoms with Gasteiger partial charge in [0.1, 0.15) is 5.82 Å². The van der Waals surface area contributed by atoms with Crippen molar-refractivity contribution in [3.63, 3.8) is 0 Å². The van der Waals surface area contributed by atoms with Crippen molar-refractivity contribution in [1.29, 1.82) is 0 Å². The highest BCUT2D eigenvalue weighted by Crippen LogP contribution is 2.00. The first-order valence-electron chi connectivity index (χ1n) is 5.12. The van der Waals surface area contributed by atoms with Gasteiger partial charge in [-0.1, -0.05) is 6.92 Å². The van der Waals surface area contributed by atoms with Gasteiger partial charge in [-0.2, -0.15) is 0 Å². The molecule has 0 spiro atoms. The van der Waals surface area contributed by atoms with E-state index in [4.69, 9.17) is 0 Å². The SMILES string of the molecule is CCCNCc1cncc(NCC)n1. The number of hydrogen-bond acceptors (Lipinski definition) is 4. The van der Waals surface area contributed by atoms with Crippen LogP contribution < -0.4 is 10.6 Å². The van der Waals surface area contributed by atoms with Crippen LogP contribution in [0.2, 0.25) is 0 Å². The van der Waals surface area contributed by atoms with Gasteiger partial charge in [0, 0.05) is 19.3 Å². The van der Waals surface area contributed by atoms with Gasteiger partial charge in [-0.05, 0) is 19.9 Å². The van der Waals surface area contributed by atoms with E-state index in [1.165, 1.54) is 0 Å².